The molecule has 1 fully saturated rings. The van der Waals surface area contributed by atoms with Crippen LogP contribution in [0.25, 0.3) is 0 Å². The zero-order valence-corrected chi connectivity index (χ0v) is 13.2. The molecule has 5 heteroatoms. The largest absolute Gasteiger partial charge is 0.341 e. The van der Waals surface area contributed by atoms with Gasteiger partial charge in [0.1, 0.15) is 0 Å². The van der Waals surface area contributed by atoms with Crippen molar-refractivity contribution in [3.05, 3.63) is 33.8 Å². The molecule has 0 bridgehead atoms. The van der Waals surface area contributed by atoms with E-state index in [4.69, 9.17) is 23.2 Å². The molecule has 1 heterocycles. The first kappa shape index (κ1) is 15.6. The smallest absolute Gasteiger partial charge is 0.222 e. The first-order chi connectivity index (χ1) is 9.56. The van der Waals surface area contributed by atoms with E-state index in [1.807, 2.05) is 13.1 Å². The first-order valence-electron chi connectivity index (χ1n) is 6.95. The van der Waals surface area contributed by atoms with E-state index in [1.54, 1.807) is 17.0 Å². The second kappa shape index (κ2) is 7.30. The summed E-state index contributed by atoms with van der Waals surface area (Å²) in [5.74, 6) is 0.690. The number of hydrogen-bond acceptors (Lipinski definition) is 2. The van der Waals surface area contributed by atoms with Crippen molar-refractivity contribution in [2.45, 2.75) is 25.8 Å². The molecule has 1 aliphatic heterocycles. The van der Waals surface area contributed by atoms with Gasteiger partial charge < -0.3 is 10.2 Å². The average molecular weight is 315 g/mol. The van der Waals surface area contributed by atoms with E-state index in [0.29, 0.717) is 28.9 Å². The highest BCUT2D eigenvalue weighted by molar-refractivity contribution is 6.35. The van der Waals surface area contributed by atoms with E-state index in [1.165, 1.54) is 0 Å². The number of nitrogens with one attached hydrogen (secondary N) is 1. The van der Waals surface area contributed by atoms with Crippen molar-refractivity contribution in [2.24, 2.45) is 5.92 Å². The van der Waals surface area contributed by atoms with E-state index >= 15 is 0 Å². The van der Waals surface area contributed by atoms with Crippen LogP contribution in [0.4, 0.5) is 0 Å². The summed E-state index contributed by atoms with van der Waals surface area (Å²) in [6, 6.07) is 5.39. The van der Waals surface area contributed by atoms with Crippen molar-refractivity contribution < 1.29 is 4.79 Å². The lowest BCUT2D eigenvalue weighted by atomic mass is 9.94. The Morgan fingerprint density at radius 2 is 2.05 bits per heavy atom. The fourth-order valence-corrected chi connectivity index (χ4v) is 2.95. The fraction of sp³-hybridized carbons (Fsp3) is 0.533. The molecule has 1 aromatic rings. The second-order valence-corrected chi connectivity index (χ2v) is 6.23. The molecule has 0 unspecified atom stereocenters. The van der Waals surface area contributed by atoms with E-state index in [2.05, 4.69) is 5.32 Å². The maximum Gasteiger partial charge on any atom is 0.222 e. The number of hydrogen-bond donors (Lipinski definition) is 1. The predicted molar refractivity (Wildman–Crippen MR) is 83.1 cm³/mol. The van der Waals surface area contributed by atoms with E-state index in [0.717, 1.165) is 31.5 Å². The Morgan fingerprint density at radius 3 is 2.70 bits per heavy atom. The van der Waals surface area contributed by atoms with Crippen molar-refractivity contribution >= 4 is 29.1 Å². The minimum atomic E-state index is 0.183. The summed E-state index contributed by atoms with van der Waals surface area (Å²) in [7, 11) is 1.83. The topological polar surface area (TPSA) is 32.3 Å². The van der Waals surface area contributed by atoms with Crippen molar-refractivity contribution in [3.63, 3.8) is 0 Å². The van der Waals surface area contributed by atoms with E-state index in [9.17, 15) is 4.79 Å². The van der Waals surface area contributed by atoms with E-state index < -0.39 is 0 Å². The van der Waals surface area contributed by atoms with Gasteiger partial charge in [0.15, 0.2) is 0 Å². The molecule has 0 atom stereocenters. The summed E-state index contributed by atoms with van der Waals surface area (Å²) >= 11 is 12.0. The van der Waals surface area contributed by atoms with Crippen molar-refractivity contribution in [1.82, 2.24) is 10.2 Å². The Morgan fingerprint density at radius 1 is 1.35 bits per heavy atom. The zero-order valence-electron chi connectivity index (χ0n) is 11.7. The molecule has 20 heavy (non-hydrogen) atoms. The van der Waals surface area contributed by atoms with Gasteiger partial charge in [-0.25, -0.2) is 0 Å². The monoisotopic (exact) mass is 314 g/mol. The summed E-state index contributed by atoms with van der Waals surface area (Å²) < 4.78 is 0. The molecular formula is C15H20Cl2N2O. The highest BCUT2D eigenvalue weighted by Crippen LogP contribution is 2.23. The van der Waals surface area contributed by atoms with Crippen LogP contribution in [-0.4, -0.2) is 30.9 Å². The molecule has 3 nitrogen and oxygen atoms in total. The first-order valence-corrected chi connectivity index (χ1v) is 7.70. The van der Waals surface area contributed by atoms with Gasteiger partial charge in [-0.2, -0.15) is 0 Å². The molecule has 0 radical (unpaired) electrons. The molecule has 1 saturated heterocycles. The lowest BCUT2D eigenvalue weighted by molar-refractivity contribution is -0.131. The zero-order chi connectivity index (χ0) is 14.5. The quantitative estimate of drug-likeness (QED) is 0.924. The molecular weight excluding hydrogens is 295 g/mol. The van der Waals surface area contributed by atoms with Gasteiger partial charge in [-0.05, 0) is 49.5 Å². The Balaban J connectivity index is 1.89. The predicted octanol–water partition coefficient (Wildman–Crippen LogP) is 3.34. The number of piperidine rings is 1. The van der Waals surface area contributed by atoms with Gasteiger partial charge in [0.25, 0.3) is 0 Å². The third-order valence-electron chi connectivity index (χ3n) is 3.77. The van der Waals surface area contributed by atoms with Crippen LogP contribution in [-0.2, 0) is 11.3 Å². The number of carbonyl (C=O) groups excluding carboxylic acids is 1. The maximum absolute atomic E-state index is 12.2. The van der Waals surface area contributed by atoms with Gasteiger partial charge >= 0.3 is 0 Å². The van der Waals surface area contributed by atoms with E-state index in [-0.39, 0.29) is 5.91 Å². The number of rotatable bonds is 4. The van der Waals surface area contributed by atoms with Gasteiger partial charge in [-0.3, -0.25) is 4.79 Å². The summed E-state index contributed by atoms with van der Waals surface area (Å²) in [5, 5.41) is 4.54. The van der Waals surface area contributed by atoms with Crippen LogP contribution in [0.3, 0.4) is 0 Å². The lowest BCUT2D eigenvalue weighted by Crippen LogP contribution is -2.33. The number of benzene rings is 1. The number of carbonyl (C=O) groups is 1. The second-order valence-electron chi connectivity index (χ2n) is 5.38. The van der Waals surface area contributed by atoms with Gasteiger partial charge in [0, 0.05) is 30.1 Å². The SMILES string of the molecule is CN(Cc1ccc(Cl)cc1Cl)C(=O)CC1CCNCC1. The van der Waals surface area contributed by atoms with Crippen LogP contribution in [0.15, 0.2) is 18.2 Å². The maximum atomic E-state index is 12.2. The summed E-state index contributed by atoms with van der Waals surface area (Å²) in [6.45, 7) is 2.56. The van der Waals surface area contributed by atoms with Crippen LogP contribution in [0.1, 0.15) is 24.8 Å². The highest BCUT2D eigenvalue weighted by atomic mass is 35.5. The normalized spacial score (nSPS) is 16.1. The van der Waals surface area contributed by atoms with Crippen molar-refractivity contribution in [2.75, 3.05) is 20.1 Å². The minimum absolute atomic E-state index is 0.183. The molecule has 1 N–H and O–H groups in total. The molecule has 0 aromatic heterocycles. The standard InChI is InChI=1S/C15H20Cl2N2O/c1-19(10-12-2-3-13(16)9-14(12)17)15(20)8-11-4-6-18-7-5-11/h2-3,9,11,18H,4-8,10H2,1H3. The van der Waals surface area contributed by atoms with Crippen molar-refractivity contribution in [1.29, 1.82) is 0 Å². The summed E-state index contributed by atoms with van der Waals surface area (Å²) in [5.41, 5.74) is 0.928. The van der Waals surface area contributed by atoms with Crippen LogP contribution in [0, 0.1) is 5.92 Å². The third-order valence-corrected chi connectivity index (χ3v) is 4.36. The van der Waals surface area contributed by atoms with Crippen LogP contribution >= 0.6 is 23.2 Å². The molecule has 1 aliphatic rings. The van der Waals surface area contributed by atoms with Crippen LogP contribution in [0.5, 0.6) is 0 Å². The average Bonchev–Trinajstić information content (AvgIpc) is 2.43. The van der Waals surface area contributed by atoms with Crippen molar-refractivity contribution in [3.8, 4) is 0 Å². The molecule has 0 aliphatic carbocycles. The molecule has 110 valence electrons. The van der Waals surface area contributed by atoms with Gasteiger partial charge in [-0.1, -0.05) is 29.3 Å². The van der Waals surface area contributed by atoms with Crippen LogP contribution < -0.4 is 5.32 Å². The molecule has 1 amide bonds. The lowest BCUT2D eigenvalue weighted by Gasteiger charge is -2.25. The minimum Gasteiger partial charge on any atom is -0.341 e. The number of nitrogens with zero attached hydrogens (tertiary/aromatic N) is 1. The number of halogens is 2. The molecule has 0 saturated carbocycles. The Hall–Kier alpha value is -0.770. The fourth-order valence-electron chi connectivity index (χ4n) is 2.48. The van der Waals surface area contributed by atoms with Gasteiger partial charge in [0.2, 0.25) is 5.91 Å². The molecule has 0 spiro atoms. The summed E-state index contributed by atoms with van der Waals surface area (Å²) in [6.07, 6.45) is 2.80. The van der Waals surface area contributed by atoms with Gasteiger partial charge in [-0.15, -0.1) is 0 Å². The summed E-state index contributed by atoms with van der Waals surface area (Å²) in [4.78, 5) is 14.0. The Labute approximate surface area is 130 Å². The highest BCUT2D eigenvalue weighted by Gasteiger charge is 2.19. The van der Waals surface area contributed by atoms with Gasteiger partial charge in [0.05, 0.1) is 0 Å². The molecule has 1 aromatic carbocycles. The number of amides is 1. The Kier molecular flexibility index (Phi) is 5.70. The van der Waals surface area contributed by atoms with Crippen LogP contribution in [0.2, 0.25) is 10.0 Å². The molecule has 2 rings (SSSR count). The third kappa shape index (κ3) is 4.37. The Bertz CT molecular complexity index is 473.